The van der Waals surface area contributed by atoms with E-state index in [2.05, 4.69) is 5.32 Å². The minimum absolute atomic E-state index is 0.225. The molecule has 0 fully saturated rings. The van der Waals surface area contributed by atoms with E-state index in [4.69, 9.17) is 9.47 Å². The van der Waals surface area contributed by atoms with Crippen LogP contribution in [0.25, 0.3) is 0 Å². The molecule has 23 heavy (non-hydrogen) atoms. The molecule has 0 aliphatic heterocycles. The maximum absolute atomic E-state index is 11.6. The molecule has 0 saturated heterocycles. The van der Waals surface area contributed by atoms with Gasteiger partial charge in [-0.3, -0.25) is 0 Å². The van der Waals surface area contributed by atoms with Crippen molar-refractivity contribution in [2.24, 2.45) is 5.92 Å². The fourth-order valence-electron chi connectivity index (χ4n) is 2.04. The number of amides is 1. The molecular weight excluding hydrogens is 290 g/mol. The first-order chi connectivity index (χ1) is 11.2. The van der Waals surface area contributed by atoms with Crippen LogP contribution in [0.1, 0.15) is 18.1 Å². The Bertz CT molecular complexity index is 572. The van der Waals surface area contributed by atoms with Gasteiger partial charge in [-0.2, -0.15) is 0 Å². The summed E-state index contributed by atoms with van der Waals surface area (Å²) in [7, 11) is 0. The summed E-state index contributed by atoms with van der Waals surface area (Å²) < 4.78 is 10.8. The number of alkyl carbamates (subject to hydrolysis) is 1. The van der Waals surface area contributed by atoms with E-state index in [1.54, 1.807) is 0 Å². The van der Waals surface area contributed by atoms with Crippen molar-refractivity contribution >= 4 is 6.09 Å². The van der Waals surface area contributed by atoms with E-state index in [-0.39, 0.29) is 12.5 Å². The predicted molar refractivity (Wildman–Crippen MR) is 89.9 cm³/mol. The quantitative estimate of drug-likeness (QED) is 0.807. The Morgan fingerprint density at radius 1 is 0.957 bits per heavy atom. The standard InChI is InChI=1S/C19H23NO3/c1-16(13-22-14-17-8-4-2-5-9-17)12-20-19(21)23-15-18-10-6-3-7-11-18/h2-11,16H,12-15H2,1H3,(H,20,21). The summed E-state index contributed by atoms with van der Waals surface area (Å²) in [4.78, 5) is 11.6. The molecule has 0 saturated carbocycles. The van der Waals surface area contributed by atoms with Crippen LogP contribution in [-0.4, -0.2) is 19.2 Å². The Kier molecular flexibility index (Phi) is 7.14. The van der Waals surface area contributed by atoms with Crippen LogP contribution < -0.4 is 5.32 Å². The van der Waals surface area contributed by atoms with Crippen LogP contribution in [0.4, 0.5) is 4.79 Å². The van der Waals surface area contributed by atoms with Gasteiger partial charge in [0.2, 0.25) is 0 Å². The van der Waals surface area contributed by atoms with Crippen LogP contribution in [0.15, 0.2) is 60.7 Å². The van der Waals surface area contributed by atoms with Gasteiger partial charge in [0, 0.05) is 6.54 Å². The summed E-state index contributed by atoms with van der Waals surface area (Å²) in [5.74, 6) is 0.225. The Morgan fingerprint density at radius 2 is 1.52 bits per heavy atom. The van der Waals surface area contributed by atoms with E-state index in [1.165, 1.54) is 0 Å². The average Bonchev–Trinajstić information content (AvgIpc) is 2.60. The molecule has 2 rings (SSSR count). The van der Waals surface area contributed by atoms with Gasteiger partial charge < -0.3 is 14.8 Å². The van der Waals surface area contributed by atoms with Gasteiger partial charge in [0.1, 0.15) is 6.61 Å². The second-order valence-electron chi connectivity index (χ2n) is 5.55. The molecule has 0 bridgehead atoms. The van der Waals surface area contributed by atoms with E-state index >= 15 is 0 Å². The number of carbonyl (C=O) groups is 1. The first kappa shape index (κ1) is 17.0. The van der Waals surface area contributed by atoms with E-state index in [1.807, 2.05) is 67.6 Å². The number of benzene rings is 2. The van der Waals surface area contributed by atoms with Crippen LogP contribution in [-0.2, 0) is 22.7 Å². The molecule has 4 nitrogen and oxygen atoms in total. The zero-order chi connectivity index (χ0) is 16.3. The third-order valence-corrected chi connectivity index (χ3v) is 3.32. The van der Waals surface area contributed by atoms with Crippen molar-refractivity contribution in [1.82, 2.24) is 5.32 Å². The maximum atomic E-state index is 11.6. The Hall–Kier alpha value is -2.33. The second kappa shape index (κ2) is 9.64. The number of hydrogen-bond donors (Lipinski definition) is 1. The molecule has 0 aromatic heterocycles. The largest absolute Gasteiger partial charge is 0.445 e. The van der Waals surface area contributed by atoms with Gasteiger partial charge in [-0.15, -0.1) is 0 Å². The fraction of sp³-hybridized carbons (Fsp3) is 0.316. The van der Waals surface area contributed by atoms with Crippen LogP contribution in [0, 0.1) is 5.92 Å². The Morgan fingerprint density at radius 3 is 2.13 bits per heavy atom. The lowest BCUT2D eigenvalue weighted by Gasteiger charge is -2.13. The predicted octanol–water partition coefficient (Wildman–Crippen LogP) is 3.77. The number of ether oxygens (including phenoxy) is 2. The van der Waals surface area contributed by atoms with Crippen LogP contribution >= 0.6 is 0 Å². The van der Waals surface area contributed by atoms with Gasteiger partial charge in [-0.25, -0.2) is 4.79 Å². The van der Waals surface area contributed by atoms with Crippen LogP contribution in [0.5, 0.6) is 0 Å². The molecule has 1 unspecified atom stereocenters. The molecule has 0 spiro atoms. The summed E-state index contributed by atoms with van der Waals surface area (Å²) in [6.45, 7) is 4.02. The van der Waals surface area contributed by atoms with Crippen molar-refractivity contribution in [3.8, 4) is 0 Å². The van der Waals surface area contributed by atoms with E-state index in [9.17, 15) is 4.79 Å². The third kappa shape index (κ3) is 6.98. The monoisotopic (exact) mass is 313 g/mol. The number of carbonyl (C=O) groups excluding carboxylic acids is 1. The third-order valence-electron chi connectivity index (χ3n) is 3.32. The molecule has 2 aromatic rings. The van der Waals surface area contributed by atoms with Gasteiger partial charge in [0.25, 0.3) is 0 Å². The molecule has 122 valence electrons. The van der Waals surface area contributed by atoms with E-state index in [0.717, 1.165) is 11.1 Å². The Labute approximate surface area is 137 Å². The molecule has 0 aliphatic rings. The van der Waals surface area contributed by atoms with Gasteiger partial charge in [-0.05, 0) is 17.0 Å². The van der Waals surface area contributed by atoms with Crippen molar-refractivity contribution in [2.45, 2.75) is 20.1 Å². The normalized spacial score (nSPS) is 11.7. The van der Waals surface area contributed by atoms with Crippen molar-refractivity contribution in [2.75, 3.05) is 13.2 Å². The van der Waals surface area contributed by atoms with E-state index < -0.39 is 6.09 Å². The Balaban J connectivity index is 1.56. The highest BCUT2D eigenvalue weighted by atomic mass is 16.5. The lowest BCUT2D eigenvalue weighted by molar-refractivity contribution is 0.0892. The molecule has 0 radical (unpaired) electrons. The molecule has 0 aliphatic carbocycles. The van der Waals surface area contributed by atoms with Crippen molar-refractivity contribution in [3.63, 3.8) is 0 Å². The molecule has 0 heterocycles. The summed E-state index contributed by atoms with van der Waals surface area (Å²) >= 11 is 0. The minimum Gasteiger partial charge on any atom is -0.445 e. The highest BCUT2D eigenvalue weighted by molar-refractivity contribution is 5.67. The lowest BCUT2D eigenvalue weighted by Crippen LogP contribution is -2.30. The van der Waals surface area contributed by atoms with Crippen LogP contribution in [0.3, 0.4) is 0 Å². The minimum atomic E-state index is -0.399. The topological polar surface area (TPSA) is 47.6 Å². The molecule has 1 amide bonds. The molecule has 1 N–H and O–H groups in total. The summed E-state index contributed by atoms with van der Waals surface area (Å²) in [6.07, 6.45) is -0.399. The molecular formula is C19H23NO3. The highest BCUT2D eigenvalue weighted by Gasteiger charge is 2.07. The first-order valence-electron chi connectivity index (χ1n) is 7.80. The van der Waals surface area contributed by atoms with Gasteiger partial charge in [0.15, 0.2) is 0 Å². The molecule has 1 atom stereocenters. The summed E-state index contributed by atoms with van der Waals surface area (Å²) in [6, 6.07) is 19.6. The number of nitrogens with one attached hydrogen (secondary N) is 1. The average molecular weight is 313 g/mol. The van der Waals surface area contributed by atoms with E-state index in [0.29, 0.717) is 19.8 Å². The highest BCUT2D eigenvalue weighted by Crippen LogP contribution is 2.03. The molecule has 2 aromatic carbocycles. The number of rotatable bonds is 8. The molecule has 4 heteroatoms. The van der Waals surface area contributed by atoms with Crippen molar-refractivity contribution < 1.29 is 14.3 Å². The van der Waals surface area contributed by atoms with Crippen molar-refractivity contribution in [3.05, 3.63) is 71.8 Å². The van der Waals surface area contributed by atoms with Crippen molar-refractivity contribution in [1.29, 1.82) is 0 Å². The van der Waals surface area contributed by atoms with Crippen LogP contribution in [0.2, 0.25) is 0 Å². The summed E-state index contributed by atoms with van der Waals surface area (Å²) in [5.41, 5.74) is 2.12. The smallest absolute Gasteiger partial charge is 0.407 e. The maximum Gasteiger partial charge on any atom is 0.407 e. The number of hydrogen-bond acceptors (Lipinski definition) is 3. The fourth-order valence-corrected chi connectivity index (χ4v) is 2.04. The van der Waals surface area contributed by atoms with Gasteiger partial charge in [0.05, 0.1) is 13.2 Å². The SMILES string of the molecule is CC(CNC(=O)OCc1ccccc1)COCc1ccccc1. The van der Waals surface area contributed by atoms with Gasteiger partial charge in [-0.1, -0.05) is 67.6 Å². The first-order valence-corrected chi connectivity index (χ1v) is 7.80. The second-order valence-corrected chi connectivity index (χ2v) is 5.55. The lowest BCUT2D eigenvalue weighted by atomic mass is 10.2. The summed E-state index contributed by atoms with van der Waals surface area (Å²) in [5, 5.41) is 2.76. The zero-order valence-electron chi connectivity index (χ0n) is 13.4. The zero-order valence-corrected chi connectivity index (χ0v) is 13.4. The van der Waals surface area contributed by atoms with Gasteiger partial charge >= 0.3 is 6.09 Å².